The van der Waals surface area contributed by atoms with Gasteiger partial charge in [-0.1, -0.05) is 72.2 Å². The molecule has 22 heavy (non-hydrogen) atoms. The van der Waals surface area contributed by atoms with Crippen LogP contribution in [-0.2, 0) is 4.57 Å². The molecule has 1 saturated carbocycles. The molecule has 1 unspecified atom stereocenters. The highest BCUT2D eigenvalue weighted by atomic mass is 31.2. The van der Waals surface area contributed by atoms with Gasteiger partial charge in [-0.25, -0.2) is 0 Å². The van der Waals surface area contributed by atoms with E-state index in [4.69, 9.17) is 0 Å². The molecular weight excluding hydrogens is 293 g/mol. The summed E-state index contributed by atoms with van der Waals surface area (Å²) in [4.78, 5) is 0. The van der Waals surface area contributed by atoms with Gasteiger partial charge in [-0.15, -0.1) is 0 Å². The molecule has 3 nitrogen and oxygen atoms in total. The molecule has 0 amide bonds. The third-order valence-electron chi connectivity index (χ3n) is 4.39. The number of nitrogens with zero attached hydrogens (tertiary/aromatic N) is 1. The Bertz CT molecular complexity index is 654. The van der Waals surface area contributed by atoms with Crippen molar-refractivity contribution in [1.29, 1.82) is 0 Å². The van der Waals surface area contributed by atoms with Gasteiger partial charge in [0.05, 0.1) is 11.4 Å². The molecule has 0 heterocycles. The van der Waals surface area contributed by atoms with Gasteiger partial charge in [0.2, 0.25) is 0 Å². The molecule has 0 bridgehead atoms. The first-order valence-corrected chi connectivity index (χ1v) is 9.46. The van der Waals surface area contributed by atoms with Crippen molar-refractivity contribution in [2.75, 3.05) is 0 Å². The minimum absolute atomic E-state index is 0.198. The summed E-state index contributed by atoms with van der Waals surface area (Å²) in [7, 11) is -2.86. The maximum Gasteiger partial charge on any atom is 0.151 e. The lowest BCUT2D eigenvalue weighted by Crippen LogP contribution is -2.34. The molecule has 1 aliphatic carbocycles. The summed E-state index contributed by atoms with van der Waals surface area (Å²) in [5.74, 6) is 0. The second kappa shape index (κ2) is 6.50. The predicted octanol–water partition coefficient (Wildman–Crippen LogP) is 3.77. The van der Waals surface area contributed by atoms with E-state index in [2.05, 4.69) is 5.16 Å². The number of benzene rings is 2. The summed E-state index contributed by atoms with van der Waals surface area (Å²) >= 11 is 0. The molecule has 0 aliphatic heterocycles. The Morgan fingerprint density at radius 3 is 1.95 bits per heavy atom. The van der Waals surface area contributed by atoms with E-state index in [1.165, 1.54) is 0 Å². The second-order valence-electron chi connectivity index (χ2n) is 5.68. The van der Waals surface area contributed by atoms with E-state index in [0.717, 1.165) is 36.3 Å². The van der Waals surface area contributed by atoms with E-state index in [1.54, 1.807) is 0 Å². The molecule has 0 radical (unpaired) electrons. The Morgan fingerprint density at radius 2 is 1.45 bits per heavy atom. The predicted molar refractivity (Wildman–Crippen MR) is 91.2 cm³/mol. The molecule has 1 aliphatic rings. The van der Waals surface area contributed by atoms with Crippen LogP contribution in [0.2, 0.25) is 0 Å². The molecule has 0 aromatic heterocycles. The van der Waals surface area contributed by atoms with Crippen molar-refractivity contribution >= 4 is 23.5 Å². The Kier molecular flexibility index (Phi) is 4.44. The normalized spacial score (nSPS) is 20.9. The first-order valence-electron chi connectivity index (χ1n) is 7.68. The van der Waals surface area contributed by atoms with Gasteiger partial charge in [0.15, 0.2) is 7.14 Å². The minimum Gasteiger partial charge on any atom is -0.411 e. The van der Waals surface area contributed by atoms with Crippen molar-refractivity contribution < 1.29 is 9.77 Å². The lowest BCUT2D eigenvalue weighted by Gasteiger charge is -2.32. The summed E-state index contributed by atoms with van der Waals surface area (Å²) in [6.07, 6.45) is 3.55. The molecule has 3 rings (SSSR count). The molecule has 4 heteroatoms. The first-order chi connectivity index (χ1) is 10.8. The molecule has 1 fully saturated rings. The van der Waals surface area contributed by atoms with Crippen LogP contribution in [-0.4, -0.2) is 16.6 Å². The number of hydrogen-bond acceptors (Lipinski definition) is 3. The summed E-state index contributed by atoms with van der Waals surface area (Å²) in [5.41, 5.74) is 0.485. The standard InChI is InChI=1S/C18H20NO2P/c20-19-17-13-7-8-14-18(17)22(21,15-9-3-1-4-10-15)16-11-5-2-6-12-16/h1-6,9-12,18,20H,7-8,13-14H2. The third kappa shape index (κ3) is 2.62. The largest absolute Gasteiger partial charge is 0.411 e. The summed E-state index contributed by atoms with van der Waals surface area (Å²) in [5, 5.41) is 14.6. The van der Waals surface area contributed by atoms with Crippen LogP contribution in [0.15, 0.2) is 65.8 Å². The molecule has 1 N–H and O–H groups in total. The number of oxime groups is 1. The fourth-order valence-electron chi connectivity index (χ4n) is 3.29. The van der Waals surface area contributed by atoms with E-state index in [0.29, 0.717) is 5.71 Å². The molecular formula is C18H20NO2P. The Labute approximate surface area is 131 Å². The zero-order chi connectivity index (χ0) is 15.4. The highest BCUT2D eigenvalue weighted by Gasteiger charge is 2.40. The lowest BCUT2D eigenvalue weighted by molar-refractivity contribution is 0.314. The van der Waals surface area contributed by atoms with Crippen LogP contribution in [0.25, 0.3) is 0 Å². The summed E-state index contributed by atoms with van der Waals surface area (Å²) in [6.45, 7) is 0. The topological polar surface area (TPSA) is 49.7 Å². The van der Waals surface area contributed by atoms with Crippen molar-refractivity contribution in [2.45, 2.75) is 31.3 Å². The van der Waals surface area contributed by atoms with E-state index in [-0.39, 0.29) is 5.66 Å². The molecule has 2 aromatic rings. The fourth-order valence-corrected chi connectivity index (χ4v) is 6.69. The fraction of sp³-hybridized carbons (Fsp3) is 0.278. The van der Waals surface area contributed by atoms with Crippen molar-refractivity contribution in [3.05, 3.63) is 60.7 Å². The van der Waals surface area contributed by atoms with Crippen molar-refractivity contribution in [3.63, 3.8) is 0 Å². The van der Waals surface area contributed by atoms with Gasteiger partial charge in [-0.3, -0.25) is 0 Å². The van der Waals surface area contributed by atoms with Gasteiger partial charge < -0.3 is 9.77 Å². The smallest absolute Gasteiger partial charge is 0.151 e. The highest BCUT2D eigenvalue weighted by molar-refractivity contribution is 7.80. The van der Waals surface area contributed by atoms with Crippen LogP contribution in [0, 0.1) is 0 Å². The maximum absolute atomic E-state index is 14.1. The molecule has 0 saturated heterocycles. The lowest BCUT2D eigenvalue weighted by atomic mass is 9.98. The van der Waals surface area contributed by atoms with Gasteiger partial charge in [0.1, 0.15) is 0 Å². The molecule has 114 valence electrons. The quantitative estimate of drug-likeness (QED) is 0.533. The van der Waals surface area contributed by atoms with Crippen LogP contribution in [0.5, 0.6) is 0 Å². The van der Waals surface area contributed by atoms with Gasteiger partial charge in [0, 0.05) is 10.6 Å². The monoisotopic (exact) mass is 313 g/mol. The van der Waals surface area contributed by atoms with Crippen LogP contribution >= 0.6 is 7.14 Å². The maximum atomic E-state index is 14.1. The zero-order valence-corrected chi connectivity index (χ0v) is 13.3. The van der Waals surface area contributed by atoms with Gasteiger partial charge in [-0.2, -0.15) is 0 Å². The molecule has 2 aromatic carbocycles. The van der Waals surface area contributed by atoms with Gasteiger partial charge in [-0.05, 0) is 19.3 Å². The van der Waals surface area contributed by atoms with Gasteiger partial charge >= 0.3 is 0 Å². The molecule has 1 atom stereocenters. The Morgan fingerprint density at radius 1 is 0.909 bits per heavy atom. The highest BCUT2D eigenvalue weighted by Crippen LogP contribution is 2.52. The first kappa shape index (κ1) is 15.1. The van der Waals surface area contributed by atoms with Crippen molar-refractivity contribution in [2.24, 2.45) is 5.16 Å². The average Bonchev–Trinajstić information content (AvgIpc) is 2.62. The van der Waals surface area contributed by atoms with Crippen LogP contribution in [0.3, 0.4) is 0 Å². The average molecular weight is 313 g/mol. The van der Waals surface area contributed by atoms with Crippen molar-refractivity contribution in [3.8, 4) is 0 Å². The zero-order valence-electron chi connectivity index (χ0n) is 12.4. The summed E-state index contributed by atoms with van der Waals surface area (Å²) < 4.78 is 14.1. The second-order valence-corrected chi connectivity index (χ2v) is 8.65. The molecule has 0 spiro atoms. The van der Waals surface area contributed by atoms with E-state index >= 15 is 0 Å². The van der Waals surface area contributed by atoms with E-state index in [1.807, 2.05) is 60.7 Å². The third-order valence-corrected chi connectivity index (χ3v) is 7.96. The SMILES string of the molecule is O=P(c1ccccc1)(c1ccccc1)C1CCCCC1=NO. The van der Waals surface area contributed by atoms with Crippen LogP contribution in [0.4, 0.5) is 0 Å². The van der Waals surface area contributed by atoms with E-state index in [9.17, 15) is 9.77 Å². The summed E-state index contributed by atoms with van der Waals surface area (Å²) in [6, 6.07) is 19.3. The minimum atomic E-state index is -2.86. The number of rotatable bonds is 3. The van der Waals surface area contributed by atoms with Crippen LogP contribution < -0.4 is 10.6 Å². The van der Waals surface area contributed by atoms with Crippen molar-refractivity contribution in [1.82, 2.24) is 0 Å². The van der Waals surface area contributed by atoms with Crippen LogP contribution in [0.1, 0.15) is 25.7 Å². The number of hydrogen-bond donors (Lipinski definition) is 1. The van der Waals surface area contributed by atoms with E-state index < -0.39 is 7.14 Å². The Hall–Kier alpha value is -1.86. The van der Waals surface area contributed by atoms with Gasteiger partial charge in [0.25, 0.3) is 0 Å². The Balaban J connectivity index is 2.18.